The lowest BCUT2D eigenvalue weighted by molar-refractivity contribution is -0.0229. The standard InChI is InChI=1S/C18H16ClN3O2/c19-14-6-7-21-11-15(20-17(21)10-14)18(23)22-8-9-24-16(12-22)13-4-2-1-3-5-13/h1-7,10-11,16H,8-9,12H2/t16-/m1/s1. The molecular weight excluding hydrogens is 326 g/mol. The number of amides is 1. The summed E-state index contributed by atoms with van der Waals surface area (Å²) in [6.07, 6.45) is 3.43. The van der Waals surface area contributed by atoms with Gasteiger partial charge >= 0.3 is 0 Å². The van der Waals surface area contributed by atoms with E-state index in [9.17, 15) is 4.79 Å². The van der Waals surface area contributed by atoms with E-state index in [2.05, 4.69) is 4.98 Å². The molecule has 122 valence electrons. The highest BCUT2D eigenvalue weighted by Crippen LogP contribution is 2.23. The monoisotopic (exact) mass is 341 g/mol. The van der Waals surface area contributed by atoms with Crippen LogP contribution < -0.4 is 0 Å². The van der Waals surface area contributed by atoms with Crippen molar-refractivity contribution in [3.63, 3.8) is 0 Å². The van der Waals surface area contributed by atoms with Crippen LogP contribution in [0.15, 0.2) is 54.9 Å². The topological polar surface area (TPSA) is 46.8 Å². The van der Waals surface area contributed by atoms with Crippen LogP contribution in [0, 0.1) is 0 Å². The predicted octanol–water partition coefficient (Wildman–Crippen LogP) is 3.20. The molecule has 1 aliphatic heterocycles. The maximum absolute atomic E-state index is 12.8. The number of rotatable bonds is 2. The fourth-order valence-electron chi connectivity index (χ4n) is 2.93. The molecule has 1 atom stereocenters. The van der Waals surface area contributed by atoms with Crippen LogP contribution in [0.1, 0.15) is 22.2 Å². The molecule has 5 nitrogen and oxygen atoms in total. The number of halogens is 1. The number of fused-ring (bicyclic) bond motifs is 1. The molecule has 24 heavy (non-hydrogen) atoms. The Balaban J connectivity index is 1.56. The third-order valence-corrected chi connectivity index (χ3v) is 4.40. The number of carbonyl (C=O) groups excluding carboxylic acids is 1. The number of hydrogen-bond acceptors (Lipinski definition) is 3. The molecular formula is C18H16ClN3O2. The molecule has 0 radical (unpaired) electrons. The summed E-state index contributed by atoms with van der Waals surface area (Å²) in [5, 5.41) is 0.600. The molecule has 3 aromatic rings. The van der Waals surface area contributed by atoms with Crippen molar-refractivity contribution in [2.75, 3.05) is 19.7 Å². The van der Waals surface area contributed by atoms with Gasteiger partial charge in [-0.25, -0.2) is 4.98 Å². The number of pyridine rings is 1. The fourth-order valence-corrected chi connectivity index (χ4v) is 3.08. The highest BCUT2D eigenvalue weighted by Gasteiger charge is 2.27. The minimum atomic E-state index is -0.102. The molecule has 3 heterocycles. The van der Waals surface area contributed by atoms with E-state index >= 15 is 0 Å². The van der Waals surface area contributed by atoms with E-state index in [1.54, 1.807) is 33.8 Å². The van der Waals surface area contributed by atoms with Crippen molar-refractivity contribution >= 4 is 23.2 Å². The Kier molecular flexibility index (Phi) is 3.96. The highest BCUT2D eigenvalue weighted by molar-refractivity contribution is 6.30. The zero-order valence-corrected chi connectivity index (χ0v) is 13.7. The quantitative estimate of drug-likeness (QED) is 0.719. The Morgan fingerprint density at radius 2 is 2.08 bits per heavy atom. The molecule has 0 unspecified atom stereocenters. The van der Waals surface area contributed by atoms with Gasteiger partial charge in [-0.1, -0.05) is 41.9 Å². The summed E-state index contributed by atoms with van der Waals surface area (Å²) in [5.41, 5.74) is 2.17. The van der Waals surface area contributed by atoms with Crippen molar-refractivity contribution in [1.82, 2.24) is 14.3 Å². The summed E-state index contributed by atoms with van der Waals surface area (Å²) >= 11 is 5.98. The zero-order valence-electron chi connectivity index (χ0n) is 12.9. The van der Waals surface area contributed by atoms with E-state index in [-0.39, 0.29) is 12.0 Å². The third kappa shape index (κ3) is 2.88. The Hall–Kier alpha value is -2.37. The molecule has 0 bridgehead atoms. The number of carbonyl (C=O) groups is 1. The summed E-state index contributed by atoms with van der Waals surface area (Å²) < 4.78 is 7.62. The number of hydrogen-bond donors (Lipinski definition) is 0. The largest absolute Gasteiger partial charge is 0.370 e. The molecule has 1 aromatic carbocycles. The van der Waals surface area contributed by atoms with Crippen molar-refractivity contribution in [3.05, 3.63) is 71.1 Å². The molecule has 1 saturated heterocycles. The molecule has 0 N–H and O–H groups in total. The van der Waals surface area contributed by atoms with Gasteiger partial charge in [-0.15, -0.1) is 0 Å². The van der Waals surface area contributed by atoms with Gasteiger partial charge in [0.05, 0.1) is 13.2 Å². The van der Waals surface area contributed by atoms with Crippen molar-refractivity contribution in [3.8, 4) is 0 Å². The van der Waals surface area contributed by atoms with Gasteiger partial charge in [-0.05, 0) is 11.6 Å². The Bertz CT molecular complexity index is 878. The molecule has 1 aliphatic rings. The first kappa shape index (κ1) is 15.2. The van der Waals surface area contributed by atoms with Crippen LogP contribution in [-0.4, -0.2) is 39.9 Å². The van der Waals surface area contributed by atoms with Crippen molar-refractivity contribution in [2.24, 2.45) is 0 Å². The summed E-state index contributed by atoms with van der Waals surface area (Å²) in [4.78, 5) is 19.0. The minimum Gasteiger partial charge on any atom is -0.370 e. The van der Waals surface area contributed by atoms with Gasteiger partial charge in [0.15, 0.2) is 0 Å². The van der Waals surface area contributed by atoms with E-state index in [4.69, 9.17) is 16.3 Å². The van der Waals surface area contributed by atoms with Crippen molar-refractivity contribution in [2.45, 2.75) is 6.10 Å². The molecule has 0 saturated carbocycles. The van der Waals surface area contributed by atoms with Crippen LogP contribution >= 0.6 is 11.6 Å². The van der Waals surface area contributed by atoms with E-state index in [1.165, 1.54) is 0 Å². The summed E-state index contributed by atoms with van der Waals surface area (Å²) in [6.45, 7) is 1.61. The van der Waals surface area contributed by atoms with Gasteiger partial charge in [-0.2, -0.15) is 0 Å². The fraction of sp³-hybridized carbons (Fsp3) is 0.222. The molecule has 0 spiro atoms. The maximum Gasteiger partial charge on any atom is 0.274 e. The van der Waals surface area contributed by atoms with E-state index in [1.807, 2.05) is 30.3 Å². The molecule has 4 rings (SSSR count). The van der Waals surface area contributed by atoms with Crippen molar-refractivity contribution < 1.29 is 9.53 Å². The second kappa shape index (κ2) is 6.26. The van der Waals surface area contributed by atoms with E-state index < -0.39 is 0 Å². The number of aromatic nitrogens is 2. The van der Waals surface area contributed by atoms with Gasteiger partial charge < -0.3 is 14.0 Å². The molecule has 6 heteroatoms. The highest BCUT2D eigenvalue weighted by atomic mass is 35.5. The molecule has 1 fully saturated rings. The van der Waals surface area contributed by atoms with E-state index in [0.717, 1.165) is 5.56 Å². The lowest BCUT2D eigenvalue weighted by Gasteiger charge is -2.32. The van der Waals surface area contributed by atoms with Gasteiger partial charge in [-0.3, -0.25) is 4.79 Å². The maximum atomic E-state index is 12.8. The lowest BCUT2D eigenvalue weighted by Crippen LogP contribution is -2.42. The number of ether oxygens (including phenoxy) is 1. The second-order valence-corrected chi connectivity index (χ2v) is 6.19. The summed E-state index contributed by atoms with van der Waals surface area (Å²) in [5.74, 6) is -0.0842. The second-order valence-electron chi connectivity index (χ2n) is 5.76. The first-order valence-corrected chi connectivity index (χ1v) is 8.18. The minimum absolute atomic E-state index is 0.0842. The first-order valence-electron chi connectivity index (χ1n) is 7.81. The molecule has 2 aromatic heterocycles. The van der Waals surface area contributed by atoms with E-state index in [0.29, 0.717) is 36.1 Å². The smallest absolute Gasteiger partial charge is 0.274 e. The van der Waals surface area contributed by atoms with Crippen LogP contribution in [0.25, 0.3) is 5.65 Å². The summed E-state index contributed by atoms with van der Waals surface area (Å²) in [6, 6.07) is 13.5. The SMILES string of the molecule is O=C(c1cn2ccc(Cl)cc2n1)N1CCO[C@@H](c2ccccc2)C1. The normalized spacial score (nSPS) is 18.0. The number of benzene rings is 1. The third-order valence-electron chi connectivity index (χ3n) is 4.17. The summed E-state index contributed by atoms with van der Waals surface area (Å²) in [7, 11) is 0. The lowest BCUT2D eigenvalue weighted by atomic mass is 10.1. The number of morpholine rings is 1. The molecule has 1 amide bonds. The Morgan fingerprint density at radius 1 is 1.25 bits per heavy atom. The van der Waals surface area contributed by atoms with Gasteiger partial charge in [0.25, 0.3) is 5.91 Å². The number of imidazole rings is 1. The average Bonchev–Trinajstić information content (AvgIpc) is 3.05. The van der Waals surface area contributed by atoms with Crippen LogP contribution in [0.3, 0.4) is 0 Å². The predicted molar refractivity (Wildman–Crippen MR) is 91.2 cm³/mol. The number of nitrogens with zero attached hydrogens (tertiary/aromatic N) is 3. The van der Waals surface area contributed by atoms with Gasteiger partial charge in [0.2, 0.25) is 0 Å². The Labute approximate surface area is 144 Å². The van der Waals surface area contributed by atoms with Crippen LogP contribution in [0.5, 0.6) is 0 Å². The zero-order chi connectivity index (χ0) is 16.5. The average molecular weight is 342 g/mol. The van der Waals surface area contributed by atoms with Gasteiger partial charge in [0, 0.05) is 30.0 Å². The van der Waals surface area contributed by atoms with Crippen LogP contribution in [-0.2, 0) is 4.74 Å². The van der Waals surface area contributed by atoms with Gasteiger partial charge in [0.1, 0.15) is 17.4 Å². The Morgan fingerprint density at radius 3 is 2.92 bits per heavy atom. The van der Waals surface area contributed by atoms with Crippen molar-refractivity contribution in [1.29, 1.82) is 0 Å². The molecule has 0 aliphatic carbocycles. The first-order chi connectivity index (χ1) is 11.7. The van der Waals surface area contributed by atoms with Crippen LogP contribution in [0.2, 0.25) is 5.02 Å². The van der Waals surface area contributed by atoms with Crippen LogP contribution in [0.4, 0.5) is 0 Å².